The van der Waals surface area contributed by atoms with Crippen molar-refractivity contribution in [1.82, 2.24) is 15.5 Å². The van der Waals surface area contributed by atoms with Gasteiger partial charge >= 0.3 is 5.97 Å². The molecule has 2 fully saturated rings. The monoisotopic (exact) mass is 431 g/mol. The lowest BCUT2D eigenvalue weighted by molar-refractivity contribution is -0.163. The third kappa shape index (κ3) is 3.56. The van der Waals surface area contributed by atoms with Gasteiger partial charge < -0.3 is 25.7 Å². The second-order valence-corrected chi connectivity index (χ2v) is 9.82. The fourth-order valence-corrected chi connectivity index (χ4v) is 6.46. The molecule has 4 rings (SSSR count). The summed E-state index contributed by atoms with van der Waals surface area (Å²) >= 11 is 1.58. The molecule has 1 amide bonds. The van der Waals surface area contributed by atoms with E-state index < -0.39 is 18.0 Å². The van der Waals surface area contributed by atoms with Crippen LogP contribution in [0, 0.1) is 11.8 Å². The van der Waals surface area contributed by atoms with E-state index >= 15 is 0 Å². The Labute approximate surface area is 180 Å². The van der Waals surface area contributed by atoms with Crippen molar-refractivity contribution in [3.8, 4) is 0 Å². The van der Waals surface area contributed by atoms with Gasteiger partial charge in [0.05, 0.1) is 18.1 Å². The lowest BCUT2D eigenvalue weighted by Gasteiger charge is -2.46. The zero-order valence-electron chi connectivity index (χ0n) is 17.5. The van der Waals surface area contributed by atoms with Crippen molar-refractivity contribution in [2.24, 2.45) is 11.8 Å². The van der Waals surface area contributed by atoms with Crippen molar-refractivity contribution in [2.45, 2.75) is 50.3 Å². The SMILES string of the molecule is CNCc1ccc([C@H]2C[C@@H](SC3=C(C(=O)O)N4C(=O)[C@H]([C@@H](C)O)[C@H]4[C@H]3C)CN2)cc1. The Kier molecular flexibility index (Phi) is 5.94. The van der Waals surface area contributed by atoms with Gasteiger partial charge in [-0.15, -0.1) is 11.8 Å². The molecule has 1 aromatic rings. The summed E-state index contributed by atoms with van der Waals surface area (Å²) in [7, 11) is 1.93. The highest BCUT2D eigenvalue weighted by Gasteiger charge is 2.60. The largest absolute Gasteiger partial charge is 0.477 e. The number of fused-ring (bicyclic) bond motifs is 1. The number of β-lactam (4-membered cyclic amide) rings is 1. The molecule has 0 aliphatic carbocycles. The van der Waals surface area contributed by atoms with Gasteiger partial charge in [0.15, 0.2) is 0 Å². The average Bonchev–Trinajstić information content (AvgIpc) is 3.25. The van der Waals surface area contributed by atoms with Crippen LogP contribution in [0.3, 0.4) is 0 Å². The third-order valence-corrected chi connectivity index (χ3v) is 7.97. The van der Waals surface area contributed by atoms with Gasteiger partial charge in [-0.25, -0.2) is 4.79 Å². The van der Waals surface area contributed by atoms with Crippen LogP contribution in [-0.2, 0) is 16.1 Å². The third-order valence-electron chi connectivity index (χ3n) is 6.46. The number of hydrogen-bond donors (Lipinski definition) is 4. The van der Waals surface area contributed by atoms with Crippen LogP contribution in [-0.4, -0.2) is 58.0 Å². The molecule has 0 spiro atoms. The lowest BCUT2D eigenvalue weighted by atomic mass is 9.79. The molecule has 1 aromatic carbocycles. The Balaban J connectivity index is 1.47. The Morgan fingerprint density at radius 1 is 1.37 bits per heavy atom. The maximum atomic E-state index is 12.5. The molecule has 162 valence electrons. The van der Waals surface area contributed by atoms with Crippen LogP contribution >= 0.6 is 11.8 Å². The number of aliphatic hydroxyl groups is 1. The van der Waals surface area contributed by atoms with Gasteiger partial charge in [-0.05, 0) is 31.5 Å². The molecular weight excluding hydrogens is 402 g/mol. The topological polar surface area (TPSA) is 102 Å². The predicted octanol–water partition coefficient (Wildman–Crippen LogP) is 1.70. The fraction of sp³-hybridized carbons (Fsp3) is 0.545. The maximum Gasteiger partial charge on any atom is 0.353 e. The van der Waals surface area contributed by atoms with Gasteiger partial charge in [-0.3, -0.25) is 4.79 Å². The van der Waals surface area contributed by atoms with E-state index in [9.17, 15) is 19.8 Å². The van der Waals surface area contributed by atoms with Crippen LogP contribution in [0.5, 0.6) is 0 Å². The molecule has 4 N–H and O–H groups in total. The summed E-state index contributed by atoms with van der Waals surface area (Å²) in [5.41, 5.74) is 2.58. The number of thioether (sulfide) groups is 1. The lowest BCUT2D eigenvalue weighted by Crippen LogP contribution is -2.63. The number of carboxylic acids is 1. The highest BCUT2D eigenvalue weighted by molar-refractivity contribution is 8.03. The standard InChI is InChI=1S/C22H29N3O4S/c1-11-18-17(12(2)26)21(27)25(18)19(22(28)29)20(11)30-15-8-16(24-10-15)14-6-4-13(5-7-14)9-23-3/h4-7,11-12,15-18,23-24,26H,8-10H2,1-3H3,(H,28,29)/t11-,12-,15-,16-,17-,18-/m1/s1. The van der Waals surface area contributed by atoms with Crippen molar-refractivity contribution in [3.63, 3.8) is 0 Å². The maximum absolute atomic E-state index is 12.5. The van der Waals surface area contributed by atoms with E-state index in [4.69, 9.17) is 0 Å². The number of aliphatic hydroxyl groups excluding tert-OH is 1. The number of rotatable bonds is 7. The van der Waals surface area contributed by atoms with E-state index in [1.54, 1.807) is 18.7 Å². The normalized spacial score (nSPS) is 31.7. The van der Waals surface area contributed by atoms with Crippen molar-refractivity contribution in [1.29, 1.82) is 0 Å². The number of hydrogen-bond acceptors (Lipinski definition) is 6. The summed E-state index contributed by atoms with van der Waals surface area (Å²) < 4.78 is 0. The first-order chi connectivity index (χ1) is 14.3. The van der Waals surface area contributed by atoms with Crippen molar-refractivity contribution in [3.05, 3.63) is 46.0 Å². The number of carbonyl (C=O) groups is 2. The second-order valence-electron chi connectivity index (χ2n) is 8.48. The van der Waals surface area contributed by atoms with E-state index in [1.165, 1.54) is 16.0 Å². The predicted molar refractivity (Wildman–Crippen MR) is 116 cm³/mol. The zero-order chi connectivity index (χ0) is 21.6. The van der Waals surface area contributed by atoms with Gasteiger partial charge in [-0.2, -0.15) is 0 Å². The number of nitrogens with zero attached hydrogens (tertiary/aromatic N) is 1. The van der Waals surface area contributed by atoms with Gasteiger partial charge in [-0.1, -0.05) is 31.2 Å². The minimum Gasteiger partial charge on any atom is -0.477 e. The van der Waals surface area contributed by atoms with Crippen molar-refractivity contribution < 1.29 is 19.8 Å². The fourth-order valence-electron chi connectivity index (χ4n) is 4.98. The summed E-state index contributed by atoms with van der Waals surface area (Å²) in [4.78, 5) is 26.6. The molecule has 7 nitrogen and oxygen atoms in total. The molecule has 3 aliphatic rings. The van der Waals surface area contributed by atoms with Crippen LogP contribution in [0.4, 0.5) is 0 Å². The molecule has 0 saturated carbocycles. The van der Waals surface area contributed by atoms with Crippen LogP contribution < -0.4 is 10.6 Å². The summed E-state index contributed by atoms with van der Waals surface area (Å²) in [6.07, 6.45) is 0.126. The van der Waals surface area contributed by atoms with Crippen LogP contribution in [0.1, 0.15) is 37.4 Å². The summed E-state index contributed by atoms with van der Waals surface area (Å²) in [5, 5.41) is 26.7. The minimum atomic E-state index is -1.06. The Morgan fingerprint density at radius 3 is 2.67 bits per heavy atom. The summed E-state index contributed by atoms with van der Waals surface area (Å²) in [6.45, 7) is 5.20. The molecule has 0 radical (unpaired) electrons. The molecule has 30 heavy (non-hydrogen) atoms. The Bertz CT molecular complexity index is 870. The van der Waals surface area contributed by atoms with Crippen molar-refractivity contribution in [2.75, 3.05) is 13.6 Å². The number of benzene rings is 1. The first-order valence-corrected chi connectivity index (χ1v) is 11.3. The molecule has 3 aliphatic heterocycles. The molecule has 8 heteroatoms. The Morgan fingerprint density at radius 2 is 2.07 bits per heavy atom. The van der Waals surface area contributed by atoms with Gasteiger partial charge in [0.2, 0.25) is 5.91 Å². The Hall–Kier alpha value is -1.87. The highest BCUT2D eigenvalue weighted by Crippen LogP contribution is 2.52. The molecule has 2 saturated heterocycles. The highest BCUT2D eigenvalue weighted by atomic mass is 32.2. The number of nitrogens with one attached hydrogen (secondary N) is 2. The molecule has 3 heterocycles. The quantitative estimate of drug-likeness (QED) is 0.488. The molecular formula is C22H29N3O4S. The van der Waals surface area contributed by atoms with Gasteiger partial charge in [0, 0.05) is 35.2 Å². The van der Waals surface area contributed by atoms with Crippen LogP contribution in [0.15, 0.2) is 34.9 Å². The van der Waals surface area contributed by atoms with Crippen LogP contribution in [0.2, 0.25) is 0 Å². The second kappa shape index (κ2) is 8.34. The van der Waals surface area contributed by atoms with Gasteiger partial charge in [0.1, 0.15) is 5.70 Å². The van der Waals surface area contributed by atoms with E-state index in [2.05, 4.69) is 34.9 Å². The minimum absolute atomic E-state index is 0.0849. The molecule has 0 unspecified atom stereocenters. The molecule has 0 aromatic heterocycles. The number of carboxylic acid groups (broad SMARTS) is 1. The van der Waals surface area contributed by atoms with E-state index in [-0.39, 0.29) is 34.9 Å². The van der Waals surface area contributed by atoms with Crippen molar-refractivity contribution >= 4 is 23.6 Å². The summed E-state index contributed by atoms with van der Waals surface area (Å²) in [6, 6.07) is 8.54. The number of aliphatic carboxylic acids is 1. The number of carbonyl (C=O) groups excluding carboxylic acids is 1. The van der Waals surface area contributed by atoms with Gasteiger partial charge in [0.25, 0.3) is 0 Å². The first-order valence-electron chi connectivity index (χ1n) is 10.5. The van der Waals surface area contributed by atoms with Crippen LogP contribution in [0.25, 0.3) is 0 Å². The average molecular weight is 432 g/mol. The smallest absolute Gasteiger partial charge is 0.353 e. The molecule has 6 atom stereocenters. The molecule has 0 bridgehead atoms. The van der Waals surface area contributed by atoms with E-state index in [1.807, 2.05) is 14.0 Å². The summed E-state index contributed by atoms with van der Waals surface area (Å²) in [5.74, 6) is -1.94. The van der Waals surface area contributed by atoms with E-state index in [0.29, 0.717) is 0 Å². The van der Waals surface area contributed by atoms with E-state index in [0.717, 1.165) is 24.4 Å². The zero-order valence-corrected chi connectivity index (χ0v) is 18.3. The first kappa shape index (κ1) is 21.4. The number of amides is 1.